The second-order valence-corrected chi connectivity index (χ2v) is 6.05. The van der Waals surface area contributed by atoms with E-state index in [1.54, 1.807) is 0 Å². The minimum Gasteiger partial charge on any atom is -0.372 e. The van der Waals surface area contributed by atoms with Gasteiger partial charge in [-0.2, -0.15) is 0 Å². The van der Waals surface area contributed by atoms with Crippen LogP contribution in [0.3, 0.4) is 0 Å². The SMILES string of the molecule is CCN(CC)c1ccc(Sc2ccc([N+](=O)[O-])cc2[N+](=O)[O-])cc1. The molecule has 7 nitrogen and oxygen atoms in total. The molecule has 2 aromatic rings. The monoisotopic (exact) mass is 347 g/mol. The van der Waals surface area contributed by atoms with Crippen LogP contribution in [-0.2, 0) is 0 Å². The summed E-state index contributed by atoms with van der Waals surface area (Å²) in [6, 6.07) is 11.4. The average Bonchev–Trinajstić information content (AvgIpc) is 2.57. The van der Waals surface area contributed by atoms with E-state index in [-0.39, 0.29) is 11.4 Å². The van der Waals surface area contributed by atoms with Crippen LogP contribution in [0.1, 0.15) is 13.8 Å². The zero-order valence-electron chi connectivity index (χ0n) is 13.3. The van der Waals surface area contributed by atoms with Gasteiger partial charge in [-0.05, 0) is 44.2 Å². The maximum absolute atomic E-state index is 11.2. The molecule has 0 amide bonds. The highest BCUT2D eigenvalue weighted by Gasteiger charge is 2.20. The van der Waals surface area contributed by atoms with Gasteiger partial charge in [0.2, 0.25) is 0 Å². The lowest BCUT2D eigenvalue weighted by Crippen LogP contribution is -2.21. The first-order valence-corrected chi connectivity index (χ1v) is 8.23. The first-order chi connectivity index (χ1) is 11.5. The average molecular weight is 347 g/mol. The molecule has 0 radical (unpaired) electrons. The molecule has 0 saturated heterocycles. The molecule has 0 aliphatic heterocycles. The van der Waals surface area contributed by atoms with Gasteiger partial charge in [-0.15, -0.1) is 0 Å². The van der Waals surface area contributed by atoms with Crippen molar-refractivity contribution in [2.75, 3.05) is 18.0 Å². The molecule has 0 saturated carbocycles. The van der Waals surface area contributed by atoms with Crippen molar-refractivity contribution < 1.29 is 9.85 Å². The van der Waals surface area contributed by atoms with Crippen LogP contribution in [0.15, 0.2) is 52.3 Å². The Labute approximate surface area is 143 Å². The van der Waals surface area contributed by atoms with Crippen LogP contribution in [0.2, 0.25) is 0 Å². The standard InChI is InChI=1S/C16H17N3O4S/c1-3-17(4-2)12-5-8-14(9-6-12)24-16-10-7-13(18(20)21)11-15(16)19(22)23/h5-11H,3-4H2,1-2H3. The fourth-order valence-electron chi connectivity index (χ4n) is 2.29. The van der Waals surface area contributed by atoms with Crippen molar-refractivity contribution in [3.63, 3.8) is 0 Å². The number of anilines is 1. The summed E-state index contributed by atoms with van der Waals surface area (Å²) >= 11 is 1.22. The van der Waals surface area contributed by atoms with Crippen LogP contribution < -0.4 is 4.90 Å². The summed E-state index contributed by atoms with van der Waals surface area (Å²) in [6.45, 7) is 5.95. The molecular formula is C16H17N3O4S. The van der Waals surface area contributed by atoms with Gasteiger partial charge >= 0.3 is 0 Å². The van der Waals surface area contributed by atoms with E-state index in [2.05, 4.69) is 18.7 Å². The molecule has 2 aromatic carbocycles. The predicted octanol–water partition coefficient (Wildman–Crippen LogP) is 4.50. The maximum atomic E-state index is 11.2. The number of hydrogen-bond acceptors (Lipinski definition) is 6. The molecular weight excluding hydrogens is 330 g/mol. The number of benzene rings is 2. The van der Waals surface area contributed by atoms with E-state index >= 15 is 0 Å². The summed E-state index contributed by atoms with van der Waals surface area (Å²) in [4.78, 5) is 24.1. The largest absolute Gasteiger partial charge is 0.372 e. The third kappa shape index (κ3) is 4.02. The molecule has 126 valence electrons. The van der Waals surface area contributed by atoms with Gasteiger partial charge in [0, 0.05) is 29.7 Å². The summed E-state index contributed by atoms with van der Waals surface area (Å²) in [5.41, 5.74) is 0.535. The highest BCUT2D eigenvalue weighted by molar-refractivity contribution is 7.99. The Kier molecular flexibility index (Phi) is 5.75. The molecule has 0 unspecified atom stereocenters. The second-order valence-electron chi connectivity index (χ2n) is 4.93. The molecule has 24 heavy (non-hydrogen) atoms. The van der Waals surface area contributed by atoms with Crippen molar-refractivity contribution in [2.45, 2.75) is 23.6 Å². The predicted molar refractivity (Wildman–Crippen MR) is 93.9 cm³/mol. The van der Waals surface area contributed by atoms with E-state index in [0.717, 1.165) is 29.7 Å². The topological polar surface area (TPSA) is 89.5 Å². The van der Waals surface area contributed by atoms with Gasteiger partial charge in [-0.1, -0.05) is 11.8 Å². The van der Waals surface area contributed by atoms with Gasteiger partial charge in [0.05, 0.1) is 20.8 Å². The van der Waals surface area contributed by atoms with Crippen LogP contribution in [0.5, 0.6) is 0 Å². The highest BCUT2D eigenvalue weighted by Crippen LogP contribution is 2.37. The molecule has 0 aromatic heterocycles. The van der Waals surface area contributed by atoms with Crippen LogP contribution in [0.4, 0.5) is 17.1 Å². The molecule has 0 fully saturated rings. The Morgan fingerprint density at radius 1 is 0.958 bits per heavy atom. The van der Waals surface area contributed by atoms with Crippen LogP contribution >= 0.6 is 11.8 Å². The van der Waals surface area contributed by atoms with Crippen LogP contribution in [0.25, 0.3) is 0 Å². The summed E-state index contributed by atoms with van der Waals surface area (Å²) in [5.74, 6) is 0. The maximum Gasteiger partial charge on any atom is 0.290 e. The zero-order valence-corrected chi connectivity index (χ0v) is 14.2. The molecule has 0 aliphatic rings. The Morgan fingerprint density at radius 2 is 1.58 bits per heavy atom. The Balaban J connectivity index is 2.27. The smallest absolute Gasteiger partial charge is 0.290 e. The van der Waals surface area contributed by atoms with Gasteiger partial charge in [0.25, 0.3) is 11.4 Å². The number of nitrogens with zero attached hydrogens (tertiary/aromatic N) is 3. The van der Waals surface area contributed by atoms with Gasteiger partial charge in [-0.3, -0.25) is 20.2 Å². The molecule has 8 heteroatoms. The lowest BCUT2D eigenvalue weighted by atomic mass is 10.3. The number of non-ortho nitro benzene ring substituents is 1. The van der Waals surface area contributed by atoms with E-state index < -0.39 is 9.85 Å². The van der Waals surface area contributed by atoms with Crippen molar-refractivity contribution in [2.24, 2.45) is 0 Å². The van der Waals surface area contributed by atoms with E-state index in [9.17, 15) is 20.2 Å². The Morgan fingerprint density at radius 3 is 2.08 bits per heavy atom. The van der Waals surface area contributed by atoms with Crippen molar-refractivity contribution in [1.82, 2.24) is 0 Å². The molecule has 0 bridgehead atoms. The van der Waals surface area contributed by atoms with Crippen molar-refractivity contribution in [3.05, 3.63) is 62.7 Å². The van der Waals surface area contributed by atoms with Gasteiger partial charge in [-0.25, -0.2) is 0 Å². The second kappa shape index (κ2) is 7.78. The zero-order chi connectivity index (χ0) is 17.7. The minimum absolute atomic E-state index is 0.262. The van der Waals surface area contributed by atoms with E-state index in [1.165, 1.54) is 23.9 Å². The number of nitro groups is 2. The van der Waals surface area contributed by atoms with Crippen molar-refractivity contribution >= 4 is 28.8 Å². The van der Waals surface area contributed by atoms with Crippen LogP contribution in [0, 0.1) is 20.2 Å². The van der Waals surface area contributed by atoms with Crippen LogP contribution in [-0.4, -0.2) is 22.9 Å². The Hall–Kier alpha value is -2.61. The molecule has 0 atom stereocenters. The molecule has 0 N–H and O–H groups in total. The fourth-order valence-corrected chi connectivity index (χ4v) is 3.19. The summed E-state index contributed by atoms with van der Waals surface area (Å²) in [7, 11) is 0. The van der Waals surface area contributed by atoms with Crippen molar-refractivity contribution in [1.29, 1.82) is 0 Å². The molecule has 0 spiro atoms. The highest BCUT2D eigenvalue weighted by atomic mass is 32.2. The van der Waals surface area contributed by atoms with E-state index in [4.69, 9.17) is 0 Å². The third-order valence-corrected chi connectivity index (χ3v) is 4.62. The van der Waals surface area contributed by atoms with Gasteiger partial charge in [0.15, 0.2) is 0 Å². The van der Waals surface area contributed by atoms with E-state index in [1.807, 2.05) is 24.3 Å². The van der Waals surface area contributed by atoms with E-state index in [0.29, 0.717) is 4.90 Å². The lowest BCUT2D eigenvalue weighted by Gasteiger charge is -2.21. The Bertz CT molecular complexity index is 745. The molecule has 0 aliphatic carbocycles. The normalized spacial score (nSPS) is 10.4. The number of hydrogen-bond donors (Lipinski definition) is 0. The first-order valence-electron chi connectivity index (χ1n) is 7.42. The van der Waals surface area contributed by atoms with Crippen molar-refractivity contribution in [3.8, 4) is 0 Å². The summed E-state index contributed by atoms with van der Waals surface area (Å²) in [5, 5.41) is 21.9. The van der Waals surface area contributed by atoms with Gasteiger partial charge < -0.3 is 4.90 Å². The quantitative estimate of drug-likeness (QED) is 0.541. The number of rotatable bonds is 7. The molecule has 0 heterocycles. The third-order valence-electron chi connectivity index (χ3n) is 3.54. The summed E-state index contributed by atoms with van der Waals surface area (Å²) < 4.78 is 0. The molecule has 2 rings (SSSR count). The first kappa shape index (κ1) is 17.7. The lowest BCUT2D eigenvalue weighted by molar-refractivity contribution is -0.396. The van der Waals surface area contributed by atoms with Gasteiger partial charge in [0.1, 0.15) is 0 Å². The summed E-state index contributed by atoms with van der Waals surface area (Å²) in [6.07, 6.45) is 0. The minimum atomic E-state index is -0.639. The fraction of sp³-hybridized carbons (Fsp3) is 0.250. The number of nitro benzene ring substituents is 2.